The highest BCUT2D eigenvalue weighted by molar-refractivity contribution is 4.99. The molecule has 0 aromatic carbocycles. The standard InChI is InChI=1S/C13H25NO/c1-10-6-5-7-13(11(10)2)9-14-8-12(3,4)15-13/h10-11,14H,5-9H2,1-4H3. The zero-order chi connectivity index (χ0) is 11.1. The lowest BCUT2D eigenvalue weighted by Crippen LogP contribution is -2.62. The summed E-state index contributed by atoms with van der Waals surface area (Å²) in [5.74, 6) is 1.48. The van der Waals surface area contributed by atoms with Crippen molar-refractivity contribution in [2.45, 2.75) is 58.2 Å². The van der Waals surface area contributed by atoms with Gasteiger partial charge in [0.1, 0.15) is 0 Å². The summed E-state index contributed by atoms with van der Waals surface area (Å²) < 4.78 is 6.42. The lowest BCUT2D eigenvalue weighted by molar-refractivity contribution is -0.205. The molecule has 15 heavy (non-hydrogen) atoms. The van der Waals surface area contributed by atoms with E-state index in [1.165, 1.54) is 19.3 Å². The lowest BCUT2D eigenvalue weighted by Gasteiger charge is -2.53. The summed E-state index contributed by atoms with van der Waals surface area (Å²) in [5, 5.41) is 3.56. The van der Waals surface area contributed by atoms with Crippen molar-refractivity contribution in [3.63, 3.8) is 0 Å². The molecule has 0 radical (unpaired) electrons. The molecule has 2 nitrogen and oxygen atoms in total. The van der Waals surface area contributed by atoms with Gasteiger partial charge in [-0.15, -0.1) is 0 Å². The van der Waals surface area contributed by atoms with Gasteiger partial charge in [-0.25, -0.2) is 0 Å². The molecular formula is C13H25NO. The van der Waals surface area contributed by atoms with E-state index in [1.807, 2.05) is 0 Å². The molecule has 1 saturated carbocycles. The van der Waals surface area contributed by atoms with Gasteiger partial charge in [0, 0.05) is 13.1 Å². The van der Waals surface area contributed by atoms with Crippen LogP contribution in [0.1, 0.15) is 47.0 Å². The molecule has 1 spiro atoms. The largest absolute Gasteiger partial charge is 0.366 e. The molecule has 2 rings (SSSR count). The minimum absolute atomic E-state index is 0.00354. The van der Waals surface area contributed by atoms with Gasteiger partial charge < -0.3 is 10.1 Å². The zero-order valence-corrected chi connectivity index (χ0v) is 10.6. The molecule has 1 aliphatic heterocycles. The summed E-state index contributed by atoms with van der Waals surface area (Å²) in [5.41, 5.74) is 0.114. The summed E-state index contributed by atoms with van der Waals surface area (Å²) in [6.07, 6.45) is 3.92. The Kier molecular flexibility index (Phi) is 2.85. The van der Waals surface area contributed by atoms with Gasteiger partial charge in [-0.2, -0.15) is 0 Å². The fourth-order valence-electron chi connectivity index (χ4n) is 3.31. The van der Waals surface area contributed by atoms with Crippen LogP contribution >= 0.6 is 0 Å². The van der Waals surface area contributed by atoms with E-state index < -0.39 is 0 Å². The molecule has 0 bridgehead atoms. The predicted octanol–water partition coefficient (Wildman–Crippen LogP) is 2.58. The smallest absolute Gasteiger partial charge is 0.0842 e. The third kappa shape index (κ3) is 2.07. The number of rotatable bonds is 0. The van der Waals surface area contributed by atoms with Crippen molar-refractivity contribution in [1.82, 2.24) is 5.32 Å². The van der Waals surface area contributed by atoms with E-state index in [-0.39, 0.29) is 11.2 Å². The van der Waals surface area contributed by atoms with Crippen LogP contribution in [-0.2, 0) is 4.74 Å². The van der Waals surface area contributed by atoms with E-state index in [2.05, 4.69) is 33.0 Å². The maximum Gasteiger partial charge on any atom is 0.0842 e. The average Bonchev–Trinajstić information content (AvgIpc) is 2.13. The third-order valence-corrected chi connectivity index (χ3v) is 4.40. The number of hydrogen-bond donors (Lipinski definition) is 1. The Morgan fingerprint density at radius 1 is 1.20 bits per heavy atom. The van der Waals surface area contributed by atoms with Gasteiger partial charge in [-0.3, -0.25) is 0 Å². The van der Waals surface area contributed by atoms with Gasteiger partial charge in [0.25, 0.3) is 0 Å². The van der Waals surface area contributed by atoms with Gasteiger partial charge in [0.15, 0.2) is 0 Å². The van der Waals surface area contributed by atoms with Crippen molar-refractivity contribution in [2.75, 3.05) is 13.1 Å². The van der Waals surface area contributed by atoms with Gasteiger partial charge in [0.2, 0.25) is 0 Å². The predicted molar refractivity (Wildman–Crippen MR) is 62.9 cm³/mol. The summed E-state index contributed by atoms with van der Waals surface area (Å²) in [6.45, 7) is 11.2. The van der Waals surface area contributed by atoms with Crippen LogP contribution in [0.3, 0.4) is 0 Å². The molecule has 1 saturated heterocycles. The summed E-state index contributed by atoms with van der Waals surface area (Å²) in [6, 6.07) is 0. The molecule has 3 unspecified atom stereocenters. The highest BCUT2D eigenvalue weighted by Crippen LogP contribution is 2.43. The molecule has 2 heteroatoms. The minimum atomic E-state index is 0.00354. The van der Waals surface area contributed by atoms with Crippen LogP contribution in [0.5, 0.6) is 0 Å². The van der Waals surface area contributed by atoms with Crippen LogP contribution in [0.15, 0.2) is 0 Å². The molecule has 88 valence electrons. The fourth-order valence-corrected chi connectivity index (χ4v) is 3.31. The van der Waals surface area contributed by atoms with E-state index in [0.29, 0.717) is 5.92 Å². The Hall–Kier alpha value is -0.0800. The maximum atomic E-state index is 6.42. The average molecular weight is 211 g/mol. The molecule has 0 aromatic heterocycles. The number of hydrogen-bond acceptors (Lipinski definition) is 2. The number of ether oxygens (including phenoxy) is 1. The van der Waals surface area contributed by atoms with E-state index in [1.54, 1.807) is 0 Å². The highest BCUT2D eigenvalue weighted by atomic mass is 16.5. The Morgan fingerprint density at radius 3 is 2.60 bits per heavy atom. The molecule has 3 atom stereocenters. The summed E-state index contributed by atoms with van der Waals surface area (Å²) in [4.78, 5) is 0. The Balaban J connectivity index is 2.17. The van der Waals surface area contributed by atoms with E-state index >= 15 is 0 Å². The van der Waals surface area contributed by atoms with Crippen molar-refractivity contribution in [2.24, 2.45) is 11.8 Å². The normalized spacial score (nSPS) is 45.6. The van der Waals surface area contributed by atoms with Gasteiger partial charge in [-0.1, -0.05) is 26.7 Å². The number of nitrogens with one attached hydrogen (secondary N) is 1. The first kappa shape index (κ1) is 11.4. The Morgan fingerprint density at radius 2 is 1.93 bits per heavy atom. The van der Waals surface area contributed by atoms with E-state index in [9.17, 15) is 0 Å². The highest BCUT2D eigenvalue weighted by Gasteiger charge is 2.47. The molecule has 1 aliphatic carbocycles. The molecule has 1 N–H and O–H groups in total. The molecular weight excluding hydrogens is 186 g/mol. The van der Waals surface area contributed by atoms with Crippen LogP contribution in [-0.4, -0.2) is 24.3 Å². The van der Waals surface area contributed by atoms with Gasteiger partial charge >= 0.3 is 0 Å². The van der Waals surface area contributed by atoms with Crippen molar-refractivity contribution < 1.29 is 4.74 Å². The van der Waals surface area contributed by atoms with Crippen LogP contribution < -0.4 is 5.32 Å². The van der Waals surface area contributed by atoms with E-state index in [4.69, 9.17) is 4.74 Å². The van der Waals surface area contributed by atoms with Gasteiger partial charge in [-0.05, 0) is 32.1 Å². The maximum absolute atomic E-state index is 6.42. The van der Waals surface area contributed by atoms with Crippen LogP contribution in [0.25, 0.3) is 0 Å². The second-order valence-electron chi connectivity index (χ2n) is 6.19. The molecule has 1 heterocycles. The van der Waals surface area contributed by atoms with Crippen molar-refractivity contribution >= 4 is 0 Å². The second-order valence-corrected chi connectivity index (χ2v) is 6.19. The summed E-state index contributed by atoms with van der Waals surface area (Å²) >= 11 is 0. The van der Waals surface area contributed by atoms with Crippen molar-refractivity contribution in [1.29, 1.82) is 0 Å². The zero-order valence-electron chi connectivity index (χ0n) is 10.6. The monoisotopic (exact) mass is 211 g/mol. The van der Waals surface area contributed by atoms with Crippen molar-refractivity contribution in [3.05, 3.63) is 0 Å². The third-order valence-electron chi connectivity index (χ3n) is 4.40. The SMILES string of the molecule is CC1CCCC2(CNCC(C)(C)O2)C1C. The lowest BCUT2D eigenvalue weighted by atomic mass is 9.69. The van der Waals surface area contributed by atoms with Crippen molar-refractivity contribution in [3.8, 4) is 0 Å². The van der Waals surface area contributed by atoms with Crippen LogP contribution in [0.4, 0.5) is 0 Å². The Bertz CT molecular complexity index is 235. The number of morpholine rings is 1. The molecule has 0 aromatic rings. The van der Waals surface area contributed by atoms with Crippen LogP contribution in [0.2, 0.25) is 0 Å². The topological polar surface area (TPSA) is 21.3 Å². The van der Waals surface area contributed by atoms with Crippen LogP contribution in [0, 0.1) is 11.8 Å². The van der Waals surface area contributed by atoms with E-state index in [0.717, 1.165) is 19.0 Å². The fraction of sp³-hybridized carbons (Fsp3) is 1.00. The quantitative estimate of drug-likeness (QED) is 0.665. The molecule has 2 aliphatic rings. The minimum Gasteiger partial charge on any atom is -0.366 e. The Labute approximate surface area is 93.8 Å². The molecule has 2 fully saturated rings. The first-order chi connectivity index (χ1) is 6.95. The molecule has 0 amide bonds. The second kappa shape index (κ2) is 3.74. The summed E-state index contributed by atoms with van der Waals surface area (Å²) in [7, 11) is 0. The van der Waals surface area contributed by atoms with Gasteiger partial charge in [0.05, 0.1) is 11.2 Å². The first-order valence-electron chi connectivity index (χ1n) is 6.36. The first-order valence-corrected chi connectivity index (χ1v) is 6.36.